The topological polar surface area (TPSA) is 64.1 Å². The molecule has 22 heavy (non-hydrogen) atoms. The highest BCUT2D eigenvalue weighted by Crippen LogP contribution is 2.39. The first kappa shape index (κ1) is 15.2. The van der Waals surface area contributed by atoms with E-state index in [1.165, 1.54) is 23.2 Å². The molecule has 6 heteroatoms. The third kappa shape index (κ3) is 2.92. The van der Waals surface area contributed by atoms with Gasteiger partial charge < -0.3 is 10.1 Å². The van der Waals surface area contributed by atoms with E-state index in [9.17, 15) is 4.79 Å². The number of hydrogen-bond acceptors (Lipinski definition) is 5. The van der Waals surface area contributed by atoms with Crippen LogP contribution >= 0.6 is 11.3 Å². The number of amides is 1. The second-order valence-corrected chi connectivity index (χ2v) is 7.19. The van der Waals surface area contributed by atoms with Gasteiger partial charge in [-0.15, -0.1) is 11.3 Å². The maximum atomic E-state index is 12.0. The SMILES string of the molecule is CC(C)[C@H](C)NC(=O)COc1ncnc2sc3c(c12)CCC3. The van der Waals surface area contributed by atoms with Crippen molar-refractivity contribution in [2.45, 2.75) is 46.1 Å². The lowest BCUT2D eigenvalue weighted by Gasteiger charge is -2.17. The molecule has 2 aromatic heterocycles. The standard InChI is InChI=1S/C16H21N3O2S/c1-9(2)10(3)19-13(20)7-21-15-14-11-5-4-6-12(11)22-16(14)18-8-17-15/h8-10H,4-7H2,1-3H3,(H,19,20)/t10-/m0/s1. The molecule has 1 aliphatic rings. The molecular formula is C16H21N3O2S. The summed E-state index contributed by atoms with van der Waals surface area (Å²) in [5.74, 6) is 0.825. The summed E-state index contributed by atoms with van der Waals surface area (Å²) in [4.78, 5) is 22.9. The van der Waals surface area contributed by atoms with Crippen molar-refractivity contribution in [2.24, 2.45) is 5.92 Å². The number of fused-ring (bicyclic) bond motifs is 3. The van der Waals surface area contributed by atoms with Crippen molar-refractivity contribution in [3.63, 3.8) is 0 Å². The van der Waals surface area contributed by atoms with E-state index in [1.807, 2.05) is 6.92 Å². The molecule has 1 atom stereocenters. The van der Waals surface area contributed by atoms with Gasteiger partial charge in [0, 0.05) is 10.9 Å². The molecule has 0 fully saturated rings. The molecule has 2 heterocycles. The predicted octanol–water partition coefficient (Wildman–Crippen LogP) is 2.72. The zero-order chi connectivity index (χ0) is 15.7. The van der Waals surface area contributed by atoms with E-state index >= 15 is 0 Å². The van der Waals surface area contributed by atoms with Crippen LogP contribution in [0.1, 0.15) is 37.6 Å². The first-order chi connectivity index (χ1) is 10.6. The van der Waals surface area contributed by atoms with Crippen molar-refractivity contribution in [3.05, 3.63) is 16.8 Å². The van der Waals surface area contributed by atoms with Gasteiger partial charge in [0.1, 0.15) is 11.2 Å². The zero-order valence-electron chi connectivity index (χ0n) is 13.2. The highest BCUT2D eigenvalue weighted by molar-refractivity contribution is 7.18. The van der Waals surface area contributed by atoms with Crippen molar-refractivity contribution in [2.75, 3.05) is 6.61 Å². The molecule has 118 valence electrons. The summed E-state index contributed by atoms with van der Waals surface area (Å²) >= 11 is 1.72. The molecule has 0 unspecified atom stereocenters. The molecule has 1 N–H and O–H groups in total. The Morgan fingerprint density at radius 3 is 2.95 bits per heavy atom. The number of thiophene rings is 1. The Morgan fingerprint density at radius 2 is 2.18 bits per heavy atom. The number of carbonyl (C=O) groups excluding carboxylic acids is 1. The van der Waals surface area contributed by atoms with E-state index < -0.39 is 0 Å². The fraction of sp³-hybridized carbons (Fsp3) is 0.562. The molecule has 0 saturated heterocycles. The molecule has 0 aliphatic heterocycles. The molecular weight excluding hydrogens is 298 g/mol. The fourth-order valence-corrected chi connectivity index (χ4v) is 3.82. The quantitative estimate of drug-likeness (QED) is 0.920. The Hall–Kier alpha value is -1.69. The lowest BCUT2D eigenvalue weighted by molar-refractivity contribution is -0.124. The number of carbonyl (C=O) groups is 1. The Labute approximate surface area is 134 Å². The molecule has 1 amide bonds. The van der Waals surface area contributed by atoms with Gasteiger partial charge in [0.25, 0.3) is 5.91 Å². The van der Waals surface area contributed by atoms with Crippen LogP contribution in [0.3, 0.4) is 0 Å². The molecule has 0 bridgehead atoms. The molecule has 1 aliphatic carbocycles. The summed E-state index contributed by atoms with van der Waals surface area (Å²) in [6.45, 7) is 6.15. The maximum absolute atomic E-state index is 12.0. The second-order valence-electron chi connectivity index (χ2n) is 6.11. The Morgan fingerprint density at radius 1 is 1.36 bits per heavy atom. The van der Waals surface area contributed by atoms with Gasteiger partial charge in [-0.25, -0.2) is 9.97 Å². The number of nitrogens with one attached hydrogen (secondary N) is 1. The number of rotatable bonds is 5. The van der Waals surface area contributed by atoms with E-state index in [0.717, 1.165) is 23.1 Å². The van der Waals surface area contributed by atoms with Crippen molar-refractivity contribution in [3.8, 4) is 5.88 Å². The van der Waals surface area contributed by atoms with Gasteiger partial charge in [-0.1, -0.05) is 13.8 Å². The molecule has 0 radical (unpaired) electrons. The van der Waals surface area contributed by atoms with Crippen molar-refractivity contribution < 1.29 is 9.53 Å². The number of ether oxygens (including phenoxy) is 1. The van der Waals surface area contributed by atoms with Crippen LogP contribution in [-0.4, -0.2) is 28.5 Å². The van der Waals surface area contributed by atoms with Crippen LogP contribution in [0.2, 0.25) is 0 Å². The molecule has 0 saturated carbocycles. The van der Waals surface area contributed by atoms with Crippen LogP contribution in [0.15, 0.2) is 6.33 Å². The Balaban J connectivity index is 1.73. The smallest absolute Gasteiger partial charge is 0.258 e. The van der Waals surface area contributed by atoms with Crippen molar-refractivity contribution in [1.29, 1.82) is 0 Å². The normalized spacial score (nSPS) is 15.1. The van der Waals surface area contributed by atoms with Gasteiger partial charge in [0.2, 0.25) is 5.88 Å². The molecule has 0 spiro atoms. The minimum absolute atomic E-state index is 0.00616. The molecule has 2 aromatic rings. The lowest BCUT2D eigenvalue weighted by atomic mass is 10.1. The van der Waals surface area contributed by atoms with Gasteiger partial charge >= 0.3 is 0 Å². The van der Waals surface area contributed by atoms with Crippen molar-refractivity contribution in [1.82, 2.24) is 15.3 Å². The summed E-state index contributed by atoms with van der Waals surface area (Å²) in [6, 6.07) is 0.131. The van der Waals surface area contributed by atoms with Crippen LogP contribution < -0.4 is 10.1 Å². The minimum Gasteiger partial charge on any atom is -0.467 e. The zero-order valence-corrected chi connectivity index (χ0v) is 14.0. The Kier molecular flexibility index (Phi) is 4.29. The largest absolute Gasteiger partial charge is 0.467 e. The van der Waals surface area contributed by atoms with Crippen LogP contribution in [0.4, 0.5) is 0 Å². The third-order valence-corrected chi connectivity index (χ3v) is 5.40. The number of hydrogen-bond donors (Lipinski definition) is 1. The summed E-state index contributed by atoms with van der Waals surface area (Å²) in [7, 11) is 0. The van der Waals surface area contributed by atoms with Crippen LogP contribution in [-0.2, 0) is 17.6 Å². The molecule has 0 aromatic carbocycles. The van der Waals surface area contributed by atoms with Gasteiger partial charge in [-0.2, -0.15) is 0 Å². The van der Waals surface area contributed by atoms with Crippen LogP contribution in [0.25, 0.3) is 10.2 Å². The number of aromatic nitrogens is 2. The first-order valence-electron chi connectivity index (χ1n) is 7.73. The summed E-state index contributed by atoms with van der Waals surface area (Å²) in [6.07, 6.45) is 4.85. The summed E-state index contributed by atoms with van der Waals surface area (Å²) in [5, 5.41) is 3.94. The van der Waals surface area contributed by atoms with Gasteiger partial charge in [0.05, 0.1) is 5.39 Å². The maximum Gasteiger partial charge on any atom is 0.258 e. The molecule has 3 rings (SSSR count). The second kappa shape index (κ2) is 6.20. The highest BCUT2D eigenvalue weighted by Gasteiger charge is 2.22. The minimum atomic E-state index is -0.111. The summed E-state index contributed by atoms with van der Waals surface area (Å²) < 4.78 is 5.69. The number of aryl methyl sites for hydroxylation is 2. The van der Waals surface area contributed by atoms with E-state index in [-0.39, 0.29) is 18.6 Å². The third-order valence-electron chi connectivity index (χ3n) is 4.20. The van der Waals surface area contributed by atoms with E-state index in [0.29, 0.717) is 11.8 Å². The fourth-order valence-electron chi connectivity index (χ4n) is 2.61. The average molecular weight is 319 g/mol. The van der Waals surface area contributed by atoms with Gasteiger partial charge in [0.15, 0.2) is 6.61 Å². The average Bonchev–Trinajstić information content (AvgIpc) is 3.05. The van der Waals surface area contributed by atoms with E-state index in [2.05, 4.69) is 29.1 Å². The first-order valence-corrected chi connectivity index (χ1v) is 8.55. The van der Waals surface area contributed by atoms with Crippen molar-refractivity contribution >= 4 is 27.5 Å². The molecule has 5 nitrogen and oxygen atoms in total. The van der Waals surface area contributed by atoms with Crippen LogP contribution in [0, 0.1) is 5.92 Å². The predicted molar refractivity (Wildman–Crippen MR) is 87.4 cm³/mol. The highest BCUT2D eigenvalue weighted by atomic mass is 32.1. The monoisotopic (exact) mass is 319 g/mol. The van der Waals surface area contributed by atoms with Gasteiger partial charge in [-0.3, -0.25) is 4.79 Å². The van der Waals surface area contributed by atoms with Gasteiger partial charge in [-0.05, 0) is 37.7 Å². The van der Waals surface area contributed by atoms with E-state index in [4.69, 9.17) is 4.74 Å². The number of nitrogens with zero attached hydrogens (tertiary/aromatic N) is 2. The summed E-state index contributed by atoms with van der Waals surface area (Å²) in [5.41, 5.74) is 1.31. The van der Waals surface area contributed by atoms with Crippen LogP contribution in [0.5, 0.6) is 5.88 Å². The Bertz CT molecular complexity index is 696. The lowest BCUT2D eigenvalue weighted by Crippen LogP contribution is -2.39. The van der Waals surface area contributed by atoms with E-state index in [1.54, 1.807) is 11.3 Å².